The molecule has 2 aromatic heterocycles. The van der Waals surface area contributed by atoms with Crippen LogP contribution in [0.1, 0.15) is 25.0 Å². The topological polar surface area (TPSA) is 25.8 Å². The second-order valence-electron chi connectivity index (χ2n) is 17.0. The third-order valence-electron chi connectivity index (χ3n) is 12.9. The number of thiophene rings is 1. The molecule has 12 rings (SSSR count). The van der Waals surface area contributed by atoms with Gasteiger partial charge >= 0.3 is 0 Å². The zero-order valence-electron chi connectivity index (χ0n) is 34.4. The Labute approximate surface area is 365 Å². The Hall–Kier alpha value is -7.46. The summed E-state index contributed by atoms with van der Waals surface area (Å²) in [6.45, 7) is 4.68. The first kappa shape index (κ1) is 36.4. The molecule has 3 heteroatoms. The van der Waals surface area contributed by atoms with Crippen LogP contribution < -0.4 is 0 Å². The molecular formula is C59H40N2S. The highest BCUT2D eigenvalue weighted by Gasteiger charge is 2.35. The zero-order chi connectivity index (χ0) is 41.4. The van der Waals surface area contributed by atoms with E-state index in [9.17, 15) is 0 Å². The molecule has 0 fully saturated rings. The first-order chi connectivity index (χ1) is 30.4. The van der Waals surface area contributed by atoms with Gasteiger partial charge in [-0.05, 0) is 121 Å². The maximum atomic E-state index is 5.36. The summed E-state index contributed by atoms with van der Waals surface area (Å²) in [5, 5.41) is 5.02. The van der Waals surface area contributed by atoms with Crippen LogP contribution in [0.4, 0.5) is 0 Å². The summed E-state index contributed by atoms with van der Waals surface area (Å²) in [6.07, 6.45) is 0. The van der Waals surface area contributed by atoms with Crippen LogP contribution >= 0.6 is 11.3 Å². The van der Waals surface area contributed by atoms with Crippen molar-refractivity contribution in [3.63, 3.8) is 0 Å². The maximum absolute atomic E-state index is 5.36. The molecule has 0 aliphatic heterocycles. The second-order valence-corrected chi connectivity index (χ2v) is 18.1. The number of fused-ring (bicyclic) bond motifs is 7. The van der Waals surface area contributed by atoms with Crippen LogP contribution in [-0.2, 0) is 5.41 Å². The molecule has 0 atom stereocenters. The quantitative estimate of drug-likeness (QED) is 0.167. The first-order valence-electron chi connectivity index (χ1n) is 21.3. The van der Waals surface area contributed by atoms with Crippen LogP contribution in [-0.4, -0.2) is 9.97 Å². The molecule has 2 heterocycles. The maximum Gasteiger partial charge on any atom is 0.160 e. The van der Waals surface area contributed by atoms with Gasteiger partial charge in [0.05, 0.1) is 11.4 Å². The molecule has 11 aromatic rings. The van der Waals surface area contributed by atoms with Crippen molar-refractivity contribution in [2.24, 2.45) is 0 Å². The Balaban J connectivity index is 1.03. The average molecular weight is 809 g/mol. The van der Waals surface area contributed by atoms with E-state index in [-0.39, 0.29) is 5.41 Å². The number of rotatable bonds is 6. The van der Waals surface area contributed by atoms with E-state index in [0.29, 0.717) is 5.82 Å². The van der Waals surface area contributed by atoms with Gasteiger partial charge in [-0.25, -0.2) is 9.97 Å². The van der Waals surface area contributed by atoms with E-state index in [2.05, 4.69) is 214 Å². The van der Waals surface area contributed by atoms with Crippen LogP contribution in [0.5, 0.6) is 0 Å². The third-order valence-corrected chi connectivity index (χ3v) is 14.0. The number of hydrogen-bond acceptors (Lipinski definition) is 3. The van der Waals surface area contributed by atoms with Crippen molar-refractivity contribution < 1.29 is 0 Å². The van der Waals surface area contributed by atoms with Gasteiger partial charge in [-0.1, -0.05) is 166 Å². The lowest BCUT2D eigenvalue weighted by atomic mass is 9.81. The lowest BCUT2D eigenvalue weighted by molar-refractivity contribution is 0.660. The van der Waals surface area contributed by atoms with Crippen molar-refractivity contribution in [3.05, 3.63) is 217 Å². The van der Waals surface area contributed by atoms with Gasteiger partial charge in [0.2, 0.25) is 0 Å². The van der Waals surface area contributed by atoms with Crippen molar-refractivity contribution in [2.45, 2.75) is 19.3 Å². The van der Waals surface area contributed by atoms with Crippen LogP contribution in [0.15, 0.2) is 206 Å². The van der Waals surface area contributed by atoms with Gasteiger partial charge in [-0.15, -0.1) is 11.3 Å². The Kier molecular flexibility index (Phi) is 8.41. The monoisotopic (exact) mass is 808 g/mol. The lowest BCUT2D eigenvalue weighted by Crippen LogP contribution is -2.14. The minimum absolute atomic E-state index is 0.0750. The van der Waals surface area contributed by atoms with Gasteiger partial charge in [0.15, 0.2) is 5.82 Å². The SMILES string of the molecule is CC1(C)c2ccccc2-c2ccc(-c3cccc(-c4cc(-c5cc(-c6ccc7sc8ccccc8c7c6)cc(-c6cccc7ccccc67)c5)nc(-c5ccccc5)n4)c3)cc21. The van der Waals surface area contributed by atoms with Crippen molar-refractivity contribution in [1.29, 1.82) is 0 Å². The highest BCUT2D eigenvalue weighted by atomic mass is 32.1. The van der Waals surface area contributed by atoms with Gasteiger partial charge in [-0.3, -0.25) is 0 Å². The summed E-state index contributed by atoms with van der Waals surface area (Å²) in [7, 11) is 0. The van der Waals surface area contributed by atoms with Gasteiger partial charge in [0.25, 0.3) is 0 Å². The molecule has 1 aliphatic carbocycles. The van der Waals surface area contributed by atoms with E-state index in [1.807, 2.05) is 17.4 Å². The normalized spacial score (nSPS) is 12.8. The number of aromatic nitrogens is 2. The Morgan fingerprint density at radius 2 is 0.919 bits per heavy atom. The molecule has 0 unspecified atom stereocenters. The largest absolute Gasteiger partial charge is 0.228 e. The molecule has 0 radical (unpaired) electrons. The van der Waals surface area contributed by atoms with E-state index in [4.69, 9.17) is 9.97 Å². The second kappa shape index (κ2) is 14.3. The van der Waals surface area contributed by atoms with E-state index in [0.717, 1.165) is 44.8 Å². The predicted octanol–water partition coefficient (Wildman–Crippen LogP) is 16.3. The van der Waals surface area contributed by atoms with Crippen LogP contribution in [0.25, 0.3) is 109 Å². The van der Waals surface area contributed by atoms with Gasteiger partial charge in [0.1, 0.15) is 0 Å². The Bertz CT molecular complexity index is 3550. The number of nitrogens with zero attached hydrogens (tertiary/aromatic N) is 2. The zero-order valence-corrected chi connectivity index (χ0v) is 35.2. The van der Waals surface area contributed by atoms with Crippen LogP contribution in [0.3, 0.4) is 0 Å². The molecule has 0 amide bonds. The van der Waals surface area contributed by atoms with Crippen molar-refractivity contribution >= 4 is 42.3 Å². The lowest BCUT2D eigenvalue weighted by Gasteiger charge is -2.22. The minimum atomic E-state index is -0.0750. The van der Waals surface area contributed by atoms with E-state index < -0.39 is 0 Å². The van der Waals surface area contributed by atoms with Crippen molar-refractivity contribution in [3.8, 4) is 78.4 Å². The summed E-state index contributed by atoms with van der Waals surface area (Å²) in [4.78, 5) is 10.7. The van der Waals surface area contributed by atoms with Crippen molar-refractivity contribution in [2.75, 3.05) is 0 Å². The molecule has 1 aliphatic rings. The standard InChI is InChI=1S/C59H40N2S/c1-59(2)52-24-10-8-21-48(52)49-28-26-41(35-53(49)59)39-18-12-19-42(30-39)54-36-55(61-58(60-54)38-15-4-3-5-16-38)45-32-43(31-44(33-45)47-23-13-17-37-14-6-7-20-46(37)47)40-27-29-57-51(34-40)50-22-9-11-25-56(50)62-57/h3-36H,1-2H3. The van der Waals surface area contributed by atoms with Crippen LogP contribution in [0.2, 0.25) is 0 Å². The average Bonchev–Trinajstić information content (AvgIpc) is 3.82. The van der Waals surface area contributed by atoms with Gasteiger partial charge in [0, 0.05) is 42.3 Å². The van der Waals surface area contributed by atoms with E-state index in [1.165, 1.54) is 69.9 Å². The molecule has 2 nitrogen and oxygen atoms in total. The molecular weight excluding hydrogens is 769 g/mol. The number of hydrogen-bond donors (Lipinski definition) is 0. The Morgan fingerprint density at radius 1 is 0.339 bits per heavy atom. The highest BCUT2D eigenvalue weighted by Crippen LogP contribution is 2.50. The summed E-state index contributed by atoms with van der Waals surface area (Å²) in [6, 6.07) is 75.1. The van der Waals surface area contributed by atoms with Crippen LogP contribution in [0, 0.1) is 0 Å². The molecule has 0 saturated carbocycles. The number of benzene rings is 9. The van der Waals surface area contributed by atoms with Gasteiger partial charge in [-0.2, -0.15) is 0 Å². The van der Waals surface area contributed by atoms with Crippen molar-refractivity contribution in [1.82, 2.24) is 9.97 Å². The molecule has 0 N–H and O–H groups in total. The predicted molar refractivity (Wildman–Crippen MR) is 263 cm³/mol. The molecule has 62 heavy (non-hydrogen) atoms. The summed E-state index contributed by atoms with van der Waals surface area (Å²) in [5.41, 5.74) is 17.2. The molecule has 292 valence electrons. The molecule has 0 spiro atoms. The molecule has 0 bridgehead atoms. The first-order valence-corrected chi connectivity index (χ1v) is 22.1. The van der Waals surface area contributed by atoms with Gasteiger partial charge < -0.3 is 0 Å². The summed E-state index contributed by atoms with van der Waals surface area (Å²) >= 11 is 1.85. The fourth-order valence-corrected chi connectivity index (χ4v) is 10.8. The highest BCUT2D eigenvalue weighted by molar-refractivity contribution is 7.25. The Morgan fingerprint density at radius 3 is 1.82 bits per heavy atom. The molecule has 9 aromatic carbocycles. The smallest absolute Gasteiger partial charge is 0.160 e. The van der Waals surface area contributed by atoms with E-state index in [1.54, 1.807) is 0 Å². The minimum Gasteiger partial charge on any atom is -0.228 e. The summed E-state index contributed by atoms with van der Waals surface area (Å²) < 4.78 is 2.60. The fraction of sp³-hybridized carbons (Fsp3) is 0.0508. The third kappa shape index (κ3) is 6.08. The molecule has 0 saturated heterocycles. The van der Waals surface area contributed by atoms with E-state index >= 15 is 0 Å². The fourth-order valence-electron chi connectivity index (χ4n) is 9.68. The summed E-state index contributed by atoms with van der Waals surface area (Å²) in [5.74, 6) is 0.698.